The number of methoxy groups -OCH3 is 1. The van der Waals surface area contributed by atoms with E-state index in [1.165, 1.54) is 7.11 Å². The van der Waals surface area contributed by atoms with Gasteiger partial charge >= 0.3 is 0 Å². The van der Waals surface area contributed by atoms with E-state index in [2.05, 4.69) is 0 Å². The second-order valence-corrected chi connectivity index (χ2v) is 3.08. The minimum absolute atomic E-state index is 0.0148. The van der Waals surface area contributed by atoms with Gasteiger partial charge in [0.1, 0.15) is 5.82 Å². The van der Waals surface area contributed by atoms with Crippen molar-refractivity contribution in [2.75, 3.05) is 13.7 Å². The lowest BCUT2D eigenvalue weighted by atomic mass is 10.1. The molecular weight excluding hydrogens is 211 g/mol. The van der Waals surface area contributed by atoms with Gasteiger partial charge in [-0.2, -0.15) is 0 Å². The summed E-state index contributed by atoms with van der Waals surface area (Å²) in [5.41, 5.74) is 0.0833. The predicted octanol–water partition coefficient (Wildman–Crippen LogP) is 1.73. The summed E-state index contributed by atoms with van der Waals surface area (Å²) in [5, 5.41) is 17.9. The van der Waals surface area contributed by atoms with Gasteiger partial charge in [-0.1, -0.05) is 11.6 Å². The lowest BCUT2D eigenvalue weighted by Crippen LogP contribution is -2.00. The van der Waals surface area contributed by atoms with Crippen molar-refractivity contribution in [3.63, 3.8) is 0 Å². The molecule has 14 heavy (non-hydrogen) atoms. The van der Waals surface area contributed by atoms with E-state index in [0.717, 1.165) is 6.07 Å². The van der Waals surface area contributed by atoms with Gasteiger partial charge in [0.05, 0.1) is 12.1 Å². The molecule has 0 aliphatic carbocycles. The zero-order valence-corrected chi connectivity index (χ0v) is 8.31. The molecule has 0 unspecified atom stereocenters. The highest BCUT2D eigenvalue weighted by Gasteiger charge is 2.17. The third-order valence-electron chi connectivity index (χ3n) is 1.81. The van der Waals surface area contributed by atoms with Gasteiger partial charge in [-0.25, -0.2) is 4.39 Å². The number of benzene rings is 1. The molecule has 3 nitrogen and oxygen atoms in total. The summed E-state index contributed by atoms with van der Waals surface area (Å²) in [7, 11) is 1.31. The van der Waals surface area contributed by atoms with Crippen molar-refractivity contribution in [2.45, 2.75) is 6.42 Å². The maximum absolute atomic E-state index is 13.4. The zero-order chi connectivity index (χ0) is 10.7. The molecule has 0 aliphatic rings. The minimum atomic E-state index is -0.671. The van der Waals surface area contributed by atoms with Crippen LogP contribution in [-0.4, -0.2) is 23.9 Å². The number of ether oxygens (including phenoxy) is 1. The van der Waals surface area contributed by atoms with E-state index < -0.39 is 5.82 Å². The van der Waals surface area contributed by atoms with Crippen molar-refractivity contribution in [3.8, 4) is 11.5 Å². The summed E-state index contributed by atoms with van der Waals surface area (Å²) >= 11 is 5.51. The Balaban J connectivity index is 3.32. The summed E-state index contributed by atoms with van der Waals surface area (Å²) in [4.78, 5) is 0. The first kappa shape index (κ1) is 11.1. The Morgan fingerprint density at radius 2 is 2.21 bits per heavy atom. The Hall–Kier alpha value is -1.00. The van der Waals surface area contributed by atoms with Crippen molar-refractivity contribution in [3.05, 3.63) is 22.5 Å². The molecule has 0 bridgehead atoms. The van der Waals surface area contributed by atoms with Crippen molar-refractivity contribution in [1.29, 1.82) is 0 Å². The maximum Gasteiger partial charge on any atom is 0.166 e. The Kier molecular flexibility index (Phi) is 3.55. The van der Waals surface area contributed by atoms with E-state index in [1.807, 2.05) is 0 Å². The van der Waals surface area contributed by atoms with Crippen molar-refractivity contribution in [2.24, 2.45) is 0 Å². The summed E-state index contributed by atoms with van der Waals surface area (Å²) in [6, 6.07) is 1.07. The highest BCUT2D eigenvalue weighted by molar-refractivity contribution is 6.31. The van der Waals surface area contributed by atoms with Gasteiger partial charge in [-0.15, -0.1) is 0 Å². The van der Waals surface area contributed by atoms with Gasteiger partial charge in [0.15, 0.2) is 11.5 Å². The second-order valence-electron chi connectivity index (χ2n) is 2.68. The Morgan fingerprint density at radius 1 is 1.57 bits per heavy atom. The molecule has 5 heteroatoms. The number of aliphatic hydroxyl groups excluding tert-OH is 1. The number of rotatable bonds is 3. The molecule has 78 valence electrons. The van der Waals surface area contributed by atoms with Crippen LogP contribution >= 0.6 is 11.6 Å². The molecule has 0 saturated carbocycles. The average Bonchev–Trinajstić information content (AvgIpc) is 2.14. The van der Waals surface area contributed by atoms with E-state index in [9.17, 15) is 9.50 Å². The SMILES string of the molecule is COc1c(O)cc(Cl)c(F)c1CCO. The third-order valence-corrected chi connectivity index (χ3v) is 2.09. The molecule has 0 aliphatic heterocycles. The number of hydrogen-bond donors (Lipinski definition) is 2. The van der Waals surface area contributed by atoms with Crippen LogP contribution in [-0.2, 0) is 6.42 Å². The minimum Gasteiger partial charge on any atom is -0.504 e. The standard InChI is InChI=1S/C9H10ClFO3/c1-14-9-5(2-3-12)8(11)6(10)4-7(9)13/h4,12-13H,2-3H2,1H3. The smallest absolute Gasteiger partial charge is 0.166 e. The molecule has 0 aromatic heterocycles. The van der Waals surface area contributed by atoms with Crippen LogP contribution in [0.15, 0.2) is 6.07 Å². The maximum atomic E-state index is 13.4. The topological polar surface area (TPSA) is 49.7 Å². The van der Waals surface area contributed by atoms with Crippen LogP contribution in [0.2, 0.25) is 5.02 Å². The zero-order valence-electron chi connectivity index (χ0n) is 7.55. The lowest BCUT2D eigenvalue weighted by molar-refractivity contribution is 0.292. The van der Waals surface area contributed by atoms with Crippen LogP contribution in [0.4, 0.5) is 4.39 Å². The molecule has 0 fully saturated rings. The summed E-state index contributed by atoms with van der Waals surface area (Å²) in [5.74, 6) is -0.890. The largest absolute Gasteiger partial charge is 0.504 e. The van der Waals surface area contributed by atoms with Gasteiger partial charge < -0.3 is 14.9 Å². The summed E-state index contributed by atoms with van der Waals surface area (Å²) in [6.07, 6.45) is 0.0448. The molecule has 0 heterocycles. The molecule has 2 N–H and O–H groups in total. The normalized spacial score (nSPS) is 10.3. The second kappa shape index (κ2) is 4.48. The van der Waals surface area contributed by atoms with Crippen molar-refractivity contribution >= 4 is 11.6 Å². The van der Waals surface area contributed by atoms with Gasteiger partial charge in [0.2, 0.25) is 0 Å². The molecule has 0 atom stereocenters. The van der Waals surface area contributed by atoms with Gasteiger partial charge in [-0.3, -0.25) is 0 Å². The molecule has 1 rings (SSSR count). The van der Waals surface area contributed by atoms with Crippen molar-refractivity contribution < 1.29 is 19.3 Å². The molecule has 1 aromatic carbocycles. The van der Waals surface area contributed by atoms with E-state index in [1.54, 1.807) is 0 Å². The molecule has 0 saturated heterocycles. The lowest BCUT2D eigenvalue weighted by Gasteiger charge is -2.11. The quantitative estimate of drug-likeness (QED) is 0.816. The number of aliphatic hydroxyl groups is 1. The highest BCUT2D eigenvalue weighted by atomic mass is 35.5. The number of hydrogen-bond acceptors (Lipinski definition) is 3. The van der Waals surface area contributed by atoms with E-state index in [4.69, 9.17) is 21.4 Å². The van der Waals surface area contributed by atoms with E-state index >= 15 is 0 Å². The van der Waals surface area contributed by atoms with Crippen LogP contribution in [0.3, 0.4) is 0 Å². The van der Waals surface area contributed by atoms with Crippen LogP contribution in [0.25, 0.3) is 0 Å². The fraction of sp³-hybridized carbons (Fsp3) is 0.333. The van der Waals surface area contributed by atoms with Gasteiger partial charge in [0.25, 0.3) is 0 Å². The average molecular weight is 221 g/mol. The van der Waals surface area contributed by atoms with E-state index in [-0.39, 0.29) is 35.1 Å². The first-order valence-corrected chi connectivity index (χ1v) is 4.34. The van der Waals surface area contributed by atoms with Crippen LogP contribution in [0.5, 0.6) is 11.5 Å². The summed E-state index contributed by atoms with van der Waals surface area (Å²) in [6.45, 7) is -0.243. The van der Waals surface area contributed by atoms with Gasteiger partial charge in [0, 0.05) is 24.7 Å². The molecular formula is C9H10ClFO3. The Bertz CT molecular complexity index is 341. The fourth-order valence-electron chi connectivity index (χ4n) is 1.21. The Labute approximate surface area is 85.7 Å². The number of phenols is 1. The van der Waals surface area contributed by atoms with Crippen LogP contribution < -0.4 is 4.74 Å². The molecule has 0 spiro atoms. The highest BCUT2D eigenvalue weighted by Crippen LogP contribution is 2.36. The first-order chi connectivity index (χ1) is 6.61. The number of aromatic hydroxyl groups is 1. The first-order valence-electron chi connectivity index (χ1n) is 3.96. The predicted molar refractivity (Wildman–Crippen MR) is 50.4 cm³/mol. The molecule has 0 amide bonds. The van der Waals surface area contributed by atoms with Gasteiger partial charge in [-0.05, 0) is 0 Å². The molecule has 0 radical (unpaired) electrons. The third kappa shape index (κ3) is 1.91. The van der Waals surface area contributed by atoms with Crippen molar-refractivity contribution in [1.82, 2.24) is 0 Å². The Morgan fingerprint density at radius 3 is 2.71 bits per heavy atom. The number of phenolic OH excluding ortho intramolecular Hbond substituents is 1. The monoisotopic (exact) mass is 220 g/mol. The number of halogens is 2. The summed E-state index contributed by atoms with van der Waals surface area (Å²) < 4.78 is 18.2. The van der Waals surface area contributed by atoms with Crippen LogP contribution in [0, 0.1) is 5.82 Å². The van der Waals surface area contributed by atoms with Crippen LogP contribution in [0.1, 0.15) is 5.56 Å². The van der Waals surface area contributed by atoms with E-state index in [0.29, 0.717) is 0 Å². The molecule has 1 aromatic rings. The fourth-order valence-corrected chi connectivity index (χ4v) is 1.43.